The molecule has 168 valence electrons. The van der Waals surface area contributed by atoms with Gasteiger partial charge in [0.2, 0.25) is 0 Å². The second-order valence-corrected chi connectivity index (χ2v) is 9.55. The number of amides is 1. The van der Waals surface area contributed by atoms with Crippen molar-refractivity contribution in [2.75, 3.05) is 0 Å². The maximum absolute atomic E-state index is 12.8. The van der Waals surface area contributed by atoms with Crippen molar-refractivity contribution in [3.05, 3.63) is 105 Å². The molecule has 0 spiro atoms. The van der Waals surface area contributed by atoms with Crippen LogP contribution in [-0.2, 0) is 0 Å². The molecule has 0 aliphatic carbocycles. The fourth-order valence-electron chi connectivity index (χ4n) is 3.45. The number of fused-ring (bicyclic) bond motifs is 1. The van der Waals surface area contributed by atoms with Crippen LogP contribution in [0.4, 0.5) is 0 Å². The Morgan fingerprint density at radius 3 is 2.47 bits per heavy atom. The van der Waals surface area contributed by atoms with Gasteiger partial charge in [0.05, 0.1) is 21.9 Å². The van der Waals surface area contributed by atoms with E-state index in [1.807, 2.05) is 60.8 Å². The minimum Gasteiger partial charge on any atom is -0.266 e. The Labute approximate surface area is 214 Å². The molecule has 3 aromatic carbocycles. The first-order chi connectivity index (χ1) is 16.5. The number of hydrazone groups is 1. The lowest BCUT2D eigenvalue weighted by molar-refractivity contribution is 0.0959. The third-order valence-electron chi connectivity index (χ3n) is 5.06. The van der Waals surface area contributed by atoms with Crippen molar-refractivity contribution >= 4 is 68.3 Å². The van der Waals surface area contributed by atoms with E-state index in [0.717, 1.165) is 21.5 Å². The number of hydrogen-bond donors (Lipinski definition) is 1. The molecule has 0 unspecified atom stereocenters. The summed E-state index contributed by atoms with van der Waals surface area (Å²) < 4.78 is 2.60. The number of nitrogens with zero attached hydrogens (tertiary/aromatic N) is 3. The Kier molecular flexibility index (Phi) is 6.39. The Hall–Kier alpha value is -3.16. The van der Waals surface area contributed by atoms with Crippen LogP contribution in [0.1, 0.15) is 15.2 Å². The number of halogens is 3. The van der Waals surface area contributed by atoms with E-state index >= 15 is 0 Å². The second kappa shape index (κ2) is 9.60. The summed E-state index contributed by atoms with van der Waals surface area (Å²) in [6, 6.07) is 22.5. The van der Waals surface area contributed by atoms with Gasteiger partial charge < -0.3 is 0 Å². The van der Waals surface area contributed by atoms with Crippen molar-refractivity contribution in [2.24, 2.45) is 5.10 Å². The van der Waals surface area contributed by atoms with Gasteiger partial charge in [0.25, 0.3) is 5.91 Å². The third-order valence-corrected chi connectivity index (χ3v) is 7.27. The topological polar surface area (TPSA) is 59.3 Å². The molecular weight excluding hydrogens is 511 g/mol. The molecule has 0 atom stereocenters. The van der Waals surface area contributed by atoms with E-state index in [-0.39, 0.29) is 0 Å². The van der Waals surface area contributed by atoms with Gasteiger partial charge in [-0.25, -0.2) is 10.1 Å². The second-order valence-electron chi connectivity index (χ2n) is 7.28. The van der Waals surface area contributed by atoms with E-state index in [1.165, 1.54) is 11.3 Å². The van der Waals surface area contributed by atoms with Crippen LogP contribution < -0.4 is 5.43 Å². The van der Waals surface area contributed by atoms with Crippen LogP contribution in [-0.4, -0.2) is 21.9 Å². The van der Waals surface area contributed by atoms with Gasteiger partial charge in [0.15, 0.2) is 0 Å². The number of carbonyl (C=O) groups is 1. The molecular formula is C25H15Cl3N4OS. The van der Waals surface area contributed by atoms with E-state index in [0.29, 0.717) is 31.0 Å². The average Bonchev–Trinajstić information content (AvgIpc) is 3.42. The molecule has 9 heteroatoms. The highest BCUT2D eigenvalue weighted by molar-refractivity contribution is 7.21. The molecule has 2 aromatic heterocycles. The van der Waals surface area contributed by atoms with E-state index in [9.17, 15) is 4.79 Å². The predicted molar refractivity (Wildman–Crippen MR) is 141 cm³/mol. The highest BCUT2D eigenvalue weighted by Gasteiger charge is 2.19. The summed E-state index contributed by atoms with van der Waals surface area (Å²) in [5, 5.41) is 11.0. The lowest BCUT2D eigenvalue weighted by Gasteiger charge is -2.01. The fraction of sp³-hybridized carbons (Fsp3) is 0. The molecule has 1 amide bonds. The first-order valence-electron chi connectivity index (χ1n) is 10.1. The summed E-state index contributed by atoms with van der Waals surface area (Å²) in [4.78, 5) is 13.1. The van der Waals surface area contributed by atoms with Crippen LogP contribution in [0, 0.1) is 0 Å². The molecule has 34 heavy (non-hydrogen) atoms. The Morgan fingerprint density at radius 2 is 1.74 bits per heavy atom. The summed E-state index contributed by atoms with van der Waals surface area (Å²) in [5.74, 6) is -0.415. The molecule has 5 aromatic rings. The summed E-state index contributed by atoms with van der Waals surface area (Å²) in [6.07, 6.45) is 3.41. The number of hydrogen-bond acceptors (Lipinski definition) is 4. The van der Waals surface area contributed by atoms with Crippen molar-refractivity contribution in [3.8, 4) is 16.9 Å². The Balaban J connectivity index is 1.45. The van der Waals surface area contributed by atoms with Crippen molar-refractivity contribution < 1.29 is 4.79 Å². The zero-order valence-electron chi connectivity index (χ0n) is 17.4. The van der Waals surface area contributed by atoms with Crippen molar-refractivity contribution in [2.45, 2.75) is 0 Å². The first kappa shape index (κ1) is 22.6. The predicted octanol–water partition coefficient (Wildman–Crippen LogP) is 7.48. The summed E-state index contributed by atoms with van der Waals surface area (Å²) in [5.41, 5.74) is 5.75. The van der Waals surface area contributed by atoms with E-state index < -0.39 is 5.91 Å². The van der Waals surface area contributed by atoms with Crippen LogP contribution in [0.2, 0.25) is 15.1 Å². The van der Waals surface area contributed by atoms with E-state index in [4.69, 9.17) is 39.9 Å². The number of aromatic nitrogens is 2. The van der Waals surface area contributed by atoms with Crippen LogP contribution in [0.3, 0.4) is 0 Å². The van der Waals surface area contributed by atoms with E-state index in [1.54, 1.807) is 29.1 Å². The number of para-hydroxylation sites is 1. The van der Waals surface area contributed by atoms with Crippen LogP contribution in [0.15, 0.2) is 84.1 Å². The van der Waals surface area contributed by atoms with Crippen LogP contribution in [0.25, 0.3) is 27.0 Å². The molecule has 5 rings (SSSR count). The lowest BCUT2D eigenvalue weighted by Crippen LogP contribution is -2.16. The highest BCUT2D eigenvalue weighted by atomic mass is 35.5. The standard InChI is InChI=1S/C25H15Cl3N4OS/c26-17-11-9-15(10-12-17)23-16(14-32(31-23)18-5-2-1-3-6-18)13-29-30-25(33)24-22(28)21-19(27)7-4-8-20(21)34-24/h1-14H,(H,30,33). The quantitative estimate of drug-likeness (QED) is 0.191. The monoisotopic (exact) mass is 524 g/mol. The molecule has 0 bridgehead atoms. The number of benzene rings is 3. The van der Waals surface area contributed by atoms with Gasteiger partial charge in [0, 0.05) is 32.4 Å². The Morgan fingerprint density at radius 1 is 0.971 bits per heavy atom. The zero-order chi connectivity index (χ0) is 23.7. The number of nitrogens with one attached hydrogen (secondary N) is 1. The van der Waals surface area contributed by atoms with Gasteiger partial charge in [-0.15, -0.1) is 11.3 Å². The zero-order valence-corrected chi connectivity index (χ0v) is 20.5. The summed E-state index contributed by atoms with van der Waals surface area (Å²) in [6.45, 7) is 0. The normalized spacial score (nSPS) is 11.4. The van der Waals surface area contributed by atoms with Gasteiger partial charge in [-0.1, -0.05) is 71.2 Å². The summed E-state index contributed by atoms with van der Waals surface area (Å²) in [7, 11) is 0. The van der Waals surface area contributed by atoms with Crippen LogP contribution in [0.5, 0.6) is 0 Å². The number of carbonyl (C=O) groups excluding carboxylic acids is 1. The maximum Gasteiger partial charge on any atom is 0.283 e. The van der Waals surface area contributed by atoms with Crippen molar-refractivity contribution in [1.29, 1.82) is 0 Å². The molecule has 0 radical (unpaired) electrons. The third kappa shape index (κ3) is 4.45. The number of rotatable bonds is 5. The van der Waals surface area contributed by atoms with Gasteiger partial charge in [0.1, 0.15) is 10.6 Å². The smallest absolute Gasteiger partial charge is 0.266 e. The molecule has 0 saturated carbocycles. The minimum atomic E-state index is -0.415. The van der Waals surface area contributed by atoms with Crippen molar-refractivity contribution in [1.82, 2.24) is 15.2 Å². The van der Waals surface area contributed by atoms with Gasteiger partial charge >= 0.3 is 0 Å². The molecule has 0 aliphatic heterocycles. The fourth-order valence-corrected chi connectivity index (χ4v) is 5.43. The molecule has 0 fully saturated rings. The van der Waals surface area contributed by atoms with Gasteiger partial charge in [-0.2, -0.15) is 10.2 Å². The van der Waals surface area contributed by atoms with Crippen LogP contribution >= 0.6 is 46.1 Å². The summed E-state index contributed by atoms with van der Waals surface area (Å²) >= 11 is 20.0. The largest absolute Gasteiger partial charge is 0.283 e. The first-order valence-corrected chi connectivity index (χ1v) is 12.1. The lowest BCUT2D eigenvalue weighted by atomic mass is 10.1. The van der Waals surface area contributed by atoms with Gasteiger partial charge in [-0.3, -0.25) is 4.79 Å². The maximum atomic E-state index is 12.8. The highest BCUT2D eigenvalue weighted by Crippen LogP contribution is 2.39. The molecule has 0 saturated heterocycles. The van der Waals surface area contributed by atoms with Crippen molar-refractivity contribution in [3.63, 3.8) is 0 Å². The molecule has 0 aliphatic rings. The van der Waals surface area contributed by atoms with E-state index in [2.05, 4.69) is 10.5 Å². The van der Waals surface area contributed by atoms with Gasteiger partial charge in [-0.05, 0) is 36.4 Å². The molecule has 5 nitrogen and oxygen atoms in total. The minimum absolute atomic E-state index is 0.317. The molecule has 2 heterocycles. The number of thiophene rings is 1. The SMILES string of the molecule is O=C(NN=Cc1cn(-c2ccccc2)nc1-c1ccc(Cl)cc1)c1sc2cccc(Cl)c2c1Cl. The Bertz CT molecular complexity index is 1530. The molecule has 1 N–H and O–H groups in total. The average molecular weight is 526 g/mol.